The highest BCUT2D eigenvalue weighted by Crippen LogP contribution is 2.18. The summed E-state index contributed by atoms with van der Waals surface area (Å²) < 4.78 is 36.2. The first-order chi connectivity index (χ1) is 9.44. The van der Waals surface area contributed by atoms with Crippen LogP contribution in [0.3, 0.4) is 0 Å². The fourth-order valence-electron chi connectivity index (χ4n) is 1.41. The van der Waals surface area contributed by atoms with Gasteiger partial charge in [-0.15, -0.1) is 11.3 Å². The fraction of sp³-hybridized carbons (Fsp3) is 0.667. The Balaban J connectivity index is 2.49. The van der Waals surface area contributed by atoms with Crippen LogP contribution in [0.4, 0.5) is 13.2 Å². The summed E-state index contributed by atoms with van der Waals surface area (Å²) in [6.07, 6.45) is -4.17. The number of alkyl halides is 3. The molecule has 0 bridgehead atoms. The highest BCUT2D eigenvalue weighted by molar-refractivity contribution is 7.09. The normalized spacial score (nSPS) is 12.6. The van der Waals surface area contributed by atoms with Gasteiger partial charge in [0.05, 0.1) is 23.7 Å². The third kappa shape index (κ3) is 6.74. The zero-order chi connectivity index (χ0) is 15.0. The van der Waals surface area contributed by atoms with Crippen LogP contribution < -0.4 is 10.6 Å². The minimum absolute atomic E-state index is 0.188. The predicted molar refractivity (Wildman–Crippen MR) is 75.0 cm³/mol. The zero-order valence-corrected chi connectivity index (χ0v) is 12.4. The van der Waals surface area contributed by atoms with Crippen molar-refractivity contribution in [2.45, 2.75) is 39.4 Å². The molecule has 0 aliphatic rings. The van der Waals surface area contributed by atoms with E-state index in [9.17, 15) is 13.2 Å². The molecule has 8 heteroatoms. The number of nitrogens with zero attached hydrogens (tertiary/aromatic N) is 2. The van der Waals surface area contributed by atoms with Gasteiger partial charge >= 0.3 is 6.18 Å². The molecule has 2 N–H and O–H groups in total. The quantitative estimate of drug-likeness (QED) is 0.627. The van der Waals surface area contributed by atoms with Crippen LogP contribution in [0.1, 0.15) is 31.0 Å². The predicted octanol–water partition coefficient (Wildman–Crippen LogP) is 2.71. The van der Waals surface area contributed by atoms with E-state index in [4.69, 9.17) is 0 Å². The number of guanidine groups is 1. The van der Waals surface area contributed by atoms with E-state index < -0.39 is 12.6 Å². The molecule has 0 aromatic carbocycles. The van der Waals surface area contributed by atoms with E-state index in [2.05, 4.69) is 20.6 Å². The van der Waals surface area contributed by atoms with Crippen molar-refractivity contribution < 1.29 is 13.2 Å². The molecule has 0 atom stereocenters. The topological polar surface area (TPSA) is 49.3 Å². The van der Waals surface area contributed by atoms with Gasteiger partial charge in [-0.3, -0.25) is 0 Å². The summed E-state index contributed by atoms with van der Waals surface area (Å²) in [5.41, 5.74) is 0.833. The molecule has 0 fully saturated rings. The third-order valence-electron chi connectivity index (χ3n) is 2.35. The van der Waals surface area contributed by atoms with Crippen LogP contribution >= 0.6 is 11.3 Å². The van der Waals surface area contributed by atoms with Gasteiger partial charge in [0.1, 0.15) is 0 Å². The standard InChI is InChI=1S/C12H19F3N4S/c1-3-10-19-9(8-20-10)7-18-11(16-4-2)17-6-5-12(13,14)15/h8H,3-7H2,1-2H3,(H2,16,17,18). The molecule has 1 rings (SSSR count). The van der Waals surface area contributed by atoms with Gasteiger partial charge in [0.15, 0.2) is 5.96 Å². The maximum absolute atomic E-state index is 12.1. The van der Waals surface area contributed by atoms with E-state index in [1.807, 2.05) is 19.2 Å². The van der Waals surface area contributed by atoms with E-state index in [0.717, 1.165) is 17.1 Å². The second kappa shape index (κ2) is 8.08. The van der Waals surface area contributed by atoms with Crippen molar-refractivity contribution in [1.82, 2.24) is 15.6 Å². The number of nitrogens with one attached hydrogen (secondary N) is 2. The van der Waals surface area contributed by atoms with E-state index in [0.29, 0.717) is 19.0 Å². The van der Waals surface area contributed by atoms with Gasteiger partial charge in [-0.1, -0.05) is 6.92 Å². The first-order valence-corrected chi connectivity index (χ1v) is 7.34. The molecule has 0 aliphatic carbocycles. The lowest BCUT2D eigenvalue weighted by atomic mass is 10.4. The van der Waals surface area contributed by atoms with Crippen molar-refractivity contribution in [2.24, 2.45) is 4.99 Å². The summed E-state index contributed by atoms with van der Waals surface area (Å²) in [6, 6.07) is 0. The van der Waals surface area contributed by atoms with Crippen LogP contribution in [0.15, 0.2) is 10.4 Å². The Morgan fingerprint density at radius 1 is 1.35 bits per heavy atom. The van der Waals surface area contributed by atoms with Gasteiger partial charge in [0, 0.05) is 18.5 Å². The van der Waals surface area contributed by atoms with Gasteiger partial charge in [-0.2, -0.15) is 13.2 Å². The summed E-state index contributed by atoms with van der Waals surface area (Å²) in [5, 5.41) is 8.52. The van der Waals surface area contributed by atoms with Crippen LogP contribution in [0.2, 0.25) is 0 Å². The molecule has 1 aromatic rings. The van der Waals surface area contributed by atoms with Gasteiger partial charge in [0.2, 0.25) is 0 Å². The molecular formula is C12H19F3N4S. The average Bonchev–Trinajstić information content (AvgIpc) is 2.82. The van der Waals surface area contributed by atoms with Crippen LogP contribution in [-0.4, -0.2) is 30.2 Å². The summed E-state index contributed by atoms with van der Waals surface area (Å²) in [6.45, 7) is 4.65. The summed E-state index contributed by atoms with van der Waals surface area (Å²) in [4.78, 5) is 8.58. The number of thiazole rings is 1. The largest absolute Gasteiger partial charge is 0.390 e. The minimum atomic E-state index is -4.16. The van der Waals surface area contributed by atoms with Crippen molar-refractivity contribution >= 4 is 17.3 Å². The Labute approximate surface area is 120 Å². The SMILES string of the molecule is CCNC(=NCc1csc(CC)n1)NCCC(F)(F)F. The number of halogens is 3. The van der Waals surface area contributed by atoms with Gasteiger partial charge in [-0.05, 0) is 13.3 Å². The molecule has 0 radical (unpaired) electrons. The van der Waals surface area contributed by atoms with Crippen molar-refractivity contribution in [3.63, 3.8) is 0 Å². The van der Waals surface area contributed by atoms with Crippen LogP contribution in [0, 0.1) is 0 Å². The smallest absolute Gasteiger partial charge is 0.357 e. The van der Waals surface area contributed by atoms with Crippen LogP contribution in [-0.2, 0) is 13.0 Å². The Morgan fingerprint density at radius 2 is 2.10 bits per heavy atom. The highest BCUT2D eigenvalue weighted by Gasteiger charge is 2.26. The molecule has 0 aliphatic heterocycles. The average molecular weight is 308 g/mol. The zero-order valence-electron chi connectivity index (χ0n) is 11.5. The van der Waals surface area contributed by atoms with Crippen molar-refractivity contribution in [3.8, 4) is 0 Å². The number of rotatable bonds is 6. The molecule has 0 amide bonds. The summed E-state index contributed by atoms with van der Waals surface area (Å²) in [7, 11) is 0. The number of aromatic nitrogens is 1. The van der Waals surface area contributed by atoms with Crippen LogP contribution in [0.5, 0.6) is 0 Å². The molecule has 4 nitrogen and oxygen atoms in total. The number of hydrogen-bond donors (Lipinski definition) is 2. The number of hydrogen-bond acceptors (Lipinski definition) is 3. The summed E-state index contributed by atoms with van der Waals surface area (Å²) >= 11 is 1.57. The monoisotopic (exact) mass is 308 g/mol. The van der Waals surface area contributed by atoms with Crippen molar-refractivity contribution in [1.29, 1.82) is 0 Å². The van der Waals surface area contributed by atoms with Gasteiger partial charge in [-0.25, -0.2) is 9.98 Å². The molecule has 1 aromatic heterocycles. The lowest BCUT2D eigenvalue weighted by molar-refractivity contribution is -0.132. The second-order valence-electron chi connectivity index (χ2n) is 4.07. The van der Waals surface area contributed by atoms with E-state index in [1.54, 1.807) is 11.3 Å². The lowest BCUT2D eigenvalue weighted by Gasteiger charge is -2.12. The van der Waals surface area contributed by atoms with Gasteiger partial charge < -0.3 is 10.6 Å². The molecule has 0 saturated heterocycles. The van der Waals surface area contributed by atoms with E-state index in [1.165, 1.54) is 0 Å². The molecule has 0 unspecified atom stereocenters. The molecule has 20 heavy (non-hydrogen) atoms. The van der Waals surface area contributed by atoms with Gasteiger partial charge in [0.25, 0.3) is 0 Å². The highest BCUT2D eigenvalue weighted by atomic mass is 32.1. The Bertz CT molecular complexity index is 429. The molecule has 1 heterocycles. The van der Waals surface area contributed by atoms with Crippen LogP contribution in [0.25, 0.3) is 0 Å². The number of aliphatic imine (C=N–C) groups is 1. The Kier molecular flexibility index (Phi) is 6.77. The Morgan fingerprint density at radius 3 is 2.65 bits per heavy atom. The first-order valence-electron chi connectivity index (χ1n) is 6.46. The fourth-order valence-corrected chi connectivity index (χ4v) is 2.14. The van der Waals surface area contributed by atoms with Crippen molar-refractivity contribution in [3.05, 3.63) is 16.1 Å². The number of aryl methyl sites for hydroxylation is 1. The lowest BCUT2D eigenvalue weighted by Crippen LogP contribution is -2.38. The molecule has 0 spiro atoms. The van der Waals surface area contributed by atoms with Crippen molar-refractivity contribution in [2.75, 3.05) is 13.1 Å². The molecule has 114 valence electrons. The van der Waals surface area contributed by atoms with E-state index >= 15 is 0 Å². The first kappa shape index (κ1) is 16.7. The minimum Gasteiger partial charge on any atom is -0.357 e. The Hall–Kier alpha value is -1.31. The maximum atomic E-state index is 12.1. The summed E-state index contributed by atoms with van der Waals surface area (Å²) in [5.74, 6) is 0.378. The maximum Gasteiger partial charge on any atom is 0.390 e. The molecular weight excluding hydrogens is 289 g/mol. The third-order valence-corrected chi connectivity index (χ3v) is 3.39. The van der Waals surface area contributed by atoms with E-state index in [-0.39, 0.29) is 6.54 Å². The second-order valence-corrected chi connectivity index (χ2v) is 5.02. The molecule has 0 saturated carbocycles.